The van der Waals surface area contributed by atoms with Crippen LogP contribution in [-0.4, -0.2) is 49.6 Å². The van der Waals surface area contributed by atoms with E-state index in [1.807, 2.05) is 44.2 Å². The van der Waals surface area contributed by atoms with E-state index in [4.69, 9.17) is 10.2 Å². The topological polar surface area (TPSA) is 79.7 Å². The van der Waals surface area contributed by atoms with Gasteiger partial charge in [0.1, 0.15) is 0 Å². The third-order valence-corrected chi connectivity index (χ3v) is 8.23. The van der Waals surface area contributed by atoms with Crippen LogP contribution in [0.2, 0.25) is 0 Å². The first-order valence-corrected chi connectivity index (χ1v) is 12.2. The van der Waals surface area contributed by atoms with Crippen LogP contribution in [0.3, 0.4) is 0 Å². The number of hydrogen-bond donors (Lipinski definition) is 4. The summed E-state index contributed by atoms with van der Waals surface area (Å²) >= 11 is 0. The van der Waals surface area contributed by atoms with Crippen molar-refractivity contribution in [1.29, 1.82) is 0 Å². The van der Waals surface area contributed by atoms with E-state index in [9.17, 15) is 18.3 Å². The Morgan fingerprint density at radius 3 is 2.44 bits per heavy atom. The zero-order chi connectivity index (χ0) is 25.9. The molecular formula is C28H31F3N2O3. The Morgan fingerprint density at radius 1 is 1.08 bits per heavy atom. The summed E-state index contributed by atoms with van der Waals surface area (Å²) in [5.41, 5.74) is 1.55. The average Bonchev–Trinajstić information content (AvgIpc) is 3.54. The standard InChI is InChI=1S/C21H23F3N2O.C7H8O2/c1-13-20(27)11-16-15-4-2-3-5-17(15)25-18(16)10-14(20)6-9-26(13)12-19(7-8-19)21(22,23)24;1-5-2-3-6(8)7(9)4-5/h2-6,9,13-14,25,27H,7-8,10-12H2,1H3;2-4,8-9H,1H3/t13-,14?,20-;/m1./s1. The van der Waals surface area contributed by atoms with Gasteiger partial charge in [0.25, 0.3) is 0 Å². The highest BCUT2D eigenvalue weighted by Gasteiger charge is 2.64. The van der Waals surface area contributed by atoms with Gasteiger partial charge in [-0.1, -0.05) is 30.3 Å². The van der Waals surface area contributed by atoms with Crippen LogP contribution < -0.4 is 0 Å². The number of nitrogens with zero attached hydrogens (tertiary/aromatic N) is 1. The second-order valence-corrected chi connectivity index (χ2v) is 10.6. The van der Waals surface area contributed by atoms with Gasteiger partial charge in [0.05, 0.1) is 17.1 Å². The van der Waals surface area contributed by atoms with Crippen molar-refractivity contribution in [2.75, 3.05) is 6.54 Å². The molecule has 0 bridgehead atoms. The second kappa shape index (κ2) is 8.47. The predicted octanol–water partition coefficient (Wildman–Crippen LogP) is 5.58. The van der Waals surface area contributed by atoms with Gasteiger partial charge in [0.2, 0.25) is 0 Å². The first-order valence-electron chi connectivity index (χ1n) is 12.2. The Kier molecular flexibility index (Phi) is 5.78. The molecule has 1 aliphatic heterocycles. The Labute approximate surface area is 207 Å². The number of benzene rings is 2. The van der Waals surface area contributed by atoms with Gasteiger partial charge in [-0.25, -0.2) is 0 Å². The number of aromatic nitrogens is 1. The quantitative estimate of drug-likeness (QED) is 0.347. The zero-order valence-electron chi connectivity index (χ0n) is 20.3. The van der Waals surface area contributed by atoms with Gasteiger partial charge >= 0.3 is 6.18 Å². The third kappa shape index (κ3) is 4.11. The monoisotopic (exact) mass is 500 g/mol. The lowest BCUT2D eigenvalue weighted by atomic mass is 9.68. The van der Waals surface area contributed by atoms with E-state index in [2.05, 4.69) is 4.98 Å². The molecule has 0 saturated heterocycles. The number of para-hydroxylation sites is 1. The van der Waals surface area contributed by atoms with E-state index < -0.39 is 17.2 Å². The fourth-order valence-corrected chi connectivity index (χ4v) is 5.62. The Bertz CT molecular complexity index is 1310. The van der Waals surface area contributed by atoms with Crippen molar-refractivity contribution in [3.63, 3.8) is 0 Å². The number of aromatic amines is 1. The maximum Gasteiger partial charge on any atom is 0.396 e. The molecule has 0 radical (unpaired) electrons. The molecule has 6 rings (SSSR count). The summed E-state index contributed by atoms with van der Waals surface area (Å²) in [5, 5.41) is 30.3. The molecule has 2 aliphatic carbocycles. The molecule has 2 aromatic carbocycles. The number of aliphatic hydroxyl groups is 1. The summed E-state index contributed by atoms with van der Waals surface area (Å²) in [5.74, 6) is -0.221. The van der Waals surface area contributed by atoms with E-state index >= 15 is 0 Å². The van der Waals surface area contributed by atoms with Crippen molar-refractivity contribution in [1.82, 2.24) is 9.88 Å². The maximum absolute atomic E-state index is 13.4. The number of rotatable bonds is 2. The minimum atomic E-state index is -4.18. The number of halogens is 3. The number of phenolic OH excluding ortho intramolecular Hbond substituents is 2. The molecule has 3 aliphatic rings. The summed E-state index contributed by atoms with van der Waals surface area (Å²) in [6, 6.07) is 12.3. The highest BCUT2D eigenvalue weighted by molar-refractivity contribution is 5.85. The van der Waals surface area contributed by atoms with E-state index in [-0.39, 0.29) is 42.8 Å². The van der Waals surface area contributed by atoms with Gasteiger partial charge in [-0.15, -0.1) is 0 Å². The summed E-state index contributed by atoms with van der Waals surface area (Å²) in [6.07, 6.45) is 1.00. The molecule has 4 N–H and O–H groups in total. The first kappa shape index (κ1) is 24.6. The average molecular weight is 501 g/mol. The van der Waals surface area contributed by atoms with E-state index in [0.29, 0.717) is 12.8 Å². The van der Waals surface area contributed by atoms with Crippen molar-refractivity contribution in [3.05, 3.63) is 71.6 Å². The van der Waals surface area contributed by atoms with Gasteiger partial charge in [0.15, 0.2) is 11.5 Å². The number of aryl methyl sites for hydroxylation is 1. The molecule has 1 fully saturated rings. The first-order chi connectivity index (χ1) is 16.9. The predicted molar refractivity (Wildman–Crippen MR) is 132 cm³/mol. The highest BCUT2D eigenvalue weighted by atomic mass is 19.4. The molecule has 1 saturated carbocycles. The lowest BCUT2D eigenvalue weighted by Gasteiger charge is -2.50. The van der Waals surface area contributed by atoms with Crippen molar-refractivity contribution >= 4 is 10.9 Å². The molecule has 0 spiro atoms. The molecular weight excluding hydrogens is 469 g/mol. The number of hydrogen-bond acceptors (Lipinski definition) is 4. The van der Waals surface area contributed by atoms with Crippen LogP contribution in [0.5, 0.6) is 11.5 Å². The SMILES string of the molecule is C[C@H]1N(CC2(C(F)(F)F)CC2)C=CC2Cc3[nH]c4ccccc4c3C[C@]21O.Cc1ccc(O)c(O)c1. The van der Waals surface area contributed by atoms with Crippen molar-refractivity contribution in [3.8, 4) is 11.5 Å². The van der Waals surface area contributed by atoms with Gasteiger partial charge in [-0.05, 0) is 68.6 Å². The highest BCUT2D eigenvalue weighted by Crippen LogP contribution is 2.58. The van der Waals surface area contributed by atoms with Crippen LogP contribution in [0.4, 0.5) is 13.2 Å². The molecule has 5 nitrogen and oxygen atoms in total. The fraction of sp³-hybridized carbons (Fsp3) is 0.429. The molecule has 36 heavy (non-hydrogen) atoms. The van der Waals surface area contributed by atoms with Gasteiger partial charge in [0, 0.05) is 35.5 Å². The lowest BCUT2D eigenvalue weighted by molar-refractivity contribution is -0.195. The second-order valence-electron chi connectivity index (χ2n) is 10.6. The summed E-state index contributed by atoms with van der Waals surface area (Å²) in [6.45, 7) is 3.64. The number of aromatic hydroxyl groups is 2. The zero-order valence-corrected chi connectivity index (χ0v) is 20.3. The molecule has 1 aromatic heterocycles. The van der Waals surface area contributed by atoms with Crippen molar-refractivity contribution in [2.24, 2.45) is 11.3 Å². The van der Waals surface area contributed by atoms with Gasteiger partial charge in [-0.3, -0.25) is 0 Å². The fourth-order valence-electron chi connectivity index (χ4n) is 5.62. The minimum absolute atomic E-state index is 0.0602. The van der Waals surface area contributed by atoms with Crippen LogP contribution in [0, 0.1) is 18.3 Å². The number of H-pyrrole nitrogens is 1. The smallest absolute Gasteiger partial charge is 0.396 e. The number of alkyl halides is 3. The van der Waals surface area contributed by atoms with Gasteiger partial charge < -0.3 is 25.2 Å². The van der Waals surface area contributed by atoms with Crippen molar-refractivity contribution in [2.45, 2.75) is 57.3 Å². The minimum Gasteiger partial charge on any atom is -0.504 e. The summed E-state index contributed by atoms with van der Waals surface area (Å²) < 4.78 is 40.3. The van der Waals surface area contributed by atoms with Crippen LogP contribution in [0.1, 0.15) is 36.6 Å². The molecule has 192 valence electrons. The molecule has 3 atom stereocenters. The largest absolute Gasteiger partial charge is 0.504 e. The molecule has 3 aromatic rings. The number of nitrogens with one attached hydrogen (secondary N) is 1. The molecule has 2 heterocycles. The van der Waals surface area contributed by atoms with Gasteiger partial charge in [-0.2, -0.15) is 13.2 Å². The Morgan fingerprint density at radius 2 is 1.81 bits per heavy atom. The molecule has 8 heteroatoms. The third-order valence-electron chi connectivity index (χ3n) is 8.23. The Balaban J connectivity index is 0.000000252. The normalized spacial score (nSPS) is 26.1. The molecule has 1 unspecified atom stereocenters. The van der Waals surface area contributed by atoms with Crippen LogP contribution in [0.25, 0.3) is 10.9 Å². The lowest BCUT2D eigenvalue weighted by Crippen LogP contribution is -2.60. The van der Waals surface area contributed by atoms with Crippen molar-refractivity contribution < 1.29 is 28.5 Å². The number of fused-ring (bicyclic) bond motifs is 4. The summed E-state index contributed by atoms with van der Waals surface area (Å²) in [4.78, 5) is 5.17. The van der Waals surface area contributed by atoms with E-state index in [1.54, 1.807) is 17.2 Å². The van der Waals surface area contributed by atoms with Crippen LogP contribution >= 0.6 is 0 Å². The summed E-state index contributed by atoms with van der Waals surface area (Å²) in [7, 11) is 0. The van der Waals surface area contributed by atoms with E-state index in [1.165, 1.54) is 12.1 Å². The van der Waals surface area contributed by atoms with Crippen LogP contribution in [0.15, 0.2) is 54.7 Å². The van der Waals surface area contributed by atoms with E-state index in [0.717, 1.165) is 27.7 Å². The molecule has 0 amide bonds. The maximum atomic E-state index is 13.4. The number of phenols is 2. The van der Waals surface area contributed by atoms with Crippen LogP contribution in [-0.2, 0) is 12.8 Å². The Hall–Kier alpha value is -3.13.